The maximum absolute atomic E-state index is 11.9. The van der Waals surface area contributed by atoms with Crippen molar-refractivity contribution in [3.8, 4) is 0 Å². The normalized spacial score (nSPS) is 18.3. The zero-order valence-electron chi connectivity index (χ0n) is 17.3. The van der Waals surface area contributed by atoms with Crippen LogP contribution in [0.5, 0.6) is 0 Å². The molecule has 1 aliphatic carbocycles. The molecule has 1 aliphatic heterocycles. The number of rotatable bonds is 3. The Morgan fingerprint density at radius 3 is 1.97 bits per heavy atom. The summed E-state index contributed by atoms with van der Waals surface area (Å²) in [5.74, 6) is -2.22. The highest BCUT2D eigenvalue weighted by molar-refractivity contribution is 5.87. The molecule has 172 valence electrons. The van der Waals surface area contributed by atoms with Crippen LogP contribution in [0.2, 0.25) is 0 Å². The molecule has 2 aromatic rings. The lowest BCUT2D eigenvalue weighted by molar-refractivity contribution is -0.192. The lowest BCUT2D eigenvalue weighted by Gasteiger charge is -2.27. The smallest absolute Gasteiger partial charge is 0.475 e. The van der Waals surface area contributed by atoms with Gasteiger partial charge in [0, 0.05) is 18.3 Å². The quantitative estimate of drug-likeness (QED) is 0.643. The van der Waals surface area contributed by atoms with Gasteiger partial charge < -0.3 is 15.5 Å². The van der Waals surface area contributed by atoms with E-state index in [4.69, 9.17) is 9.90 Å². The van der Waals surface area contributed by atoms with Gasteiger partial charge >= 0.3 is 18.2 Å². The van der Waals surface area contributed by atoms with Crippen molar-refractivity contribution in [3.63, 3.8) is 0 Å². The van der Waals surface area contributed by atoms with Crippen LogP contribution >= 0.6 is 0 Å². The minimum atomic E-state index is -5.08. The van der Waals surface area contributed by atoms with Crippen LogP contribution in [0, 0.1) is 0 Å². The van der Waals surface area contributed by atoms with Crippen LogP contribution in [-0.4, -0.2) is 47.6 Å². The van der Waals surface area contributed by atoms with Gasteiger partial charge in [0.15, 0.2) is 0 Å². The van der Waals surface area contributed by atoms with Gasteiger partial charge in [-0.15, -0.1) is 0 Å². The number of amides is 1. The number of carboxylic acid groups (broad SMARTS) is 2. The van der Waals surface area contributed by atoms with E-state index >= 15 is 0 Å². The first-order chi connectivity index (χ1) is 15.2. The maximum Gasteiger partial charge on any atom is 0.490 e. The van der Waals surface area contributed by atoms with Gasteiger partial charge in [0.05, 0.1) is 0 Å². The number of nitrogens with zero attached hydrogens (tertiary/aromatic N) is 1. The molecule has 1 amide bonds. The van der Waals surface area contributed by atoms with E-state index < -0.39 is 18.2 Å². The Balaban J connectivity index is 0.000000360. The fourth-order valence-corrected chi connectivity index (χ4v) is 4.24. The van der Waals surface area contributed by atoms with Gasteiger partial charge in [0.25, 0.3) is 0 Å². The third-order valence-electron chi connectivity index (χ3n) is 5.78. The first kappa shape index (κ1) is 23.6. The van der Waals surface area contributed by atoms with E-state index in [1.807, 2.05) is 24.3 Å². The zero-order chi connectivity index (χ0) is 23.3. The van der Waals surface area contributed by atoms with E-state index in [9.17, 15) is 23.1 Å². The van der Waals surface area contributed by atoms with E-state index in [-0.39, 0.29) is 6.04 Å². The number of fused-ring (bicyclic) bond motifs is 1. The predicted molar refractivity (Wildman–Crippen MR) is 113 cm³/mol. The summed E-state index contributed by atoms with van der Waals surface area (Å²) in [4.78, 5) is 22.4. The van der Waals surface area contributed by atoms with Crippen LogP contribution in [0.3, 0.4) is 0 Å². The SMILES string of the molecule is O=C(O)C(F)(F)F.O=C(O)N(c1ccc([C@@H]2CCCNC2)cc1)C1Cc2ccccc2C1. The van der Waals surface area contributed by atoms with Gasteiger partial charge in [-0.25, -0.2) is 9.59 Å². The molecule has 0 bridgehead atoms. The third-order valence-corrected chi connectivity index (χ3v) is 5.78. The van der Waals surface area contributed by atoms with Gasteiger partial charge in [-0.1, -0.05) is 36.4 Å². The van der Waals surface area contributed by atoms with Crippen molar-refractivity contribution in [3.05, 3.63) is 65.2 Å². The van der Waals surface area contributed by atoms with Gasteiger partial charge in [-0.3, -0.25) is 4.90 Å². The number of hydrogen-bond donors (Lipinski definition) is 3. The number of benzene rings is 2. The third kappa shape index (κ3) is 5.79. The summed E-state index contributed by atoms with van der Waals surface area (Å²) in [7, 11) is 0. The lowest BCUT2D eigenvalue weighted by atomic mass is 9.91. The van der Waals surface area contributed by atoms with Gasteiger partial charge in [-0.2, -0.15) is 13.2 Å². The molecule has 0 spiro atoms. The van der Waals surface area contributed by atoms with E-state index in [0.717, 1.165) is 31.6 Å². The van der Waals surface area contributed by atoms with Crippen LogP contribution in [0.15, 0.2) is 48.5 Å². The fourth-order valence-electron chi connectivity index (χ4n) is 4.24. The Kier molecular flexibility index (Phi) is 7.40. The highest BCUT2D eigenvalue weighted by Gasteiger charge is 2.38. The fraction of sp³-hybridized carbons (Fsp3) is 0.391. The number of alkyl halides is 3. The lowest BCUT2D eigenvalue weighted by Crippen LogP contribution is -2.40. The molecule has 2 aromatic carbocycles. The van der Waals surface area contributed by atoms with E-state index in [1.165, 1.54) is 29.5 Å². The molecule has 2 aliphatic rings. The van der Waals surface area contributed by atoms with Crippen LogP contribution in [0.4, 0.5) is 23.7 Å². The summed E-state index contributed by atoms with van der Waals surface area (Å²) in [6.45, 7) is 2.11. The first-order valence-corrected chi connectivity index (χ1v) is 10.4. The zero-order valence-corrected chi connectivity index (χ0v) is 17.3. The topological polar surface area (TPSA) is 89.9 Å². The number of aliphatic carboxylic acids is 1. The van der Waals surface area contributed by atoms with Gasteiger partial charge in [0.1, 0.15) is 0 Å². The molecule has 9 heteroatoms. The minimum absolute atomic E-state index is 0.0166. The Morgan fingerprint density at radius 2 is 1.53 bits per heavy atom. The highest BCUT2D eigenvalue weighted by atomic mass is 19.4. The first-order valence-electron chi connectivity index (χ1n) is 10.4. The second-order valence-electron chi connectivity index (χ2n) is 7.92. The Labute approximate surface area is 183 Å². The molecule has 0 radical (unpaired) electrons. The summed E-state index contributed by atoms with van der Waals surface area (Å²) in [6.07, 6.45) is -1.97. The summed E-state index contributed by atoms with van der Waals surface area (Å²) in [5, 5.41) is 20.4. The molecule has 0 aromatic heterocycles. The van der Waals surface area contributed by atoms with Crippen molar-refractivity contribution >= 4 is 17.7 Å². The second kappa shape index (κ2) is 10.0. The molecular weight excluding hydrogens is 425 g/mol. The summed E-state index contributed by atoms with van der Waals surface area (Å²) >= 11 is 0. The van der Waals surface area contributed by atoms with Crippen LogP contribution in [0.25, 0.3) is 0 Å². The molecule has 1 heterocycles. The second-order valence-corrected chi connectivity index (χ2v) is 7.92. The van der Waals surface area contributed by atoms with Gasteiger partial charge in [-0.05, 0) is 67.0 Å². The van der Waals surface area contributed by atoms with Crippen molar-refractivity contribution in [2.45, 2.75) is 43.8 Å². The largest absolute Gasteiger partial charge is 0.490 e. The molecule has 6 nitrogen and oxygen atoms in total. The minimum Gasteiger partial charge on any atom is -0.475 e. The van der Waals surface area contributed by atoms with E-state index in [2.05, 4.69) is 29.6 Å². The Hall–Kier alpha value is -3.07. The summed E-state index contributed by atoms with van der Waals surface area (Å²) in [6, 6.07) is 16.4. The monoisotopic (exact) mass is 450 g/mol. The number of nitrogens with one attached hydrogen (secondary N) is 1. The molecule has 1 saturated heterocycles. The van der Waals surface area contributed by atoms with Crippen LogP contribution in [-0.2, 0) is 17.6 Å². The molecule has 3 N–H and O–H groups in total. The van der Waals surface area contributed by atoms with Crippen molar-refractivity contribution in [2.24, 2.45) is 0 Å². The van der Waals surface area contributed by atoms with E-state index in [0.29, 0.717) is 5.92 Å². The van der Waals surface area contributed by atoms with Crippen LogP contribution in [0.1, 0.15) is 35.4 Å². The van der Waals surface area contributed by atoms with Crippen LogP contribution < -0.4 is 10.2 Å². The standard InChI is InChI=1S/C21H24N2O2.C2HF3O2/c24-21(25)23(20-12-16-4-1-2-5-17(16)13-20)19-9-7-15(8-10-19)18-6-3-11-22-14-18;3-2(4,5)1(6)7/h1-2,4-5,7-10,18,20,22H,3,6,11-14H2,(H,24,25);(H,6,7)/t18-;/m1./s1. The number of anilines is 1. The van der Waals surface area contributed by atoms with E-state index in [1.54, 1.807) is 4.90 Å². The predicted octanol–water partition coefficient (Wildman–Crippen LogP) is 4.44. The maximum atomic E-state index is 11.9. The Morgan fingerprint density at radius 1 is 0.969 bits per heavy atom. The summed E-state index contributed by atoms with van der Waals surface area (Å²) in [5.41, 5.74) is 4.61. The number of hydrogen-bond acceptors (Lipinski definition) is 3. The van der Waals surface area contributed by atoms with Crippen molar-refractivity contribution in [2.75, 3.05) is 18.0 Å². The molecular formula is C23H25F3N2O4. The molecule has 0 unspecified atom stereocenters. The number of piperidine rings is 1. The number of carbonyl (C=O) groups is 2. The Bertz CT molecular complexity index is 916. The highest BCUT2D eigenvalue weighted by Crippen LogP contribution is 2.31. The van der Waals surface area contributed by atoms with Crippen molar-refractivity contribution < 1.29 is 33.0 Å². The average molecular weight is 450 g/mol. The van der Waals surface area contributed by atoms with Crippen molar-refractivity contribution in [1.29, 1.82) is 0 Å². The van der Waals surface area contributed by atoms with Crippen molar-refractivity contribution in [1.82, 2.24) is 5.32 Å². The molecule has 32 heavy (non-hydrogen) atoms. The number of halogens is 3. The molecule has 0 saturated carbocycles. The average Bonchev–Trinajstić information content (AvgIpc) is 3.18. The molecule has 1 fully saturated rings. The summed E-state index contributed by atoms with van der Waals surface area (Å²) < 4.78 is 31.7. The molecule has 4 rings (SSSR count). The molecule has 1 atom stereocenters. The van der Waals surface area contributed by atoms with Gasteiger partial charge in [0.2, 0.25) is 0 Å². The number of carboxylic acids is 1.